The SMILES string of the molecule is CCCC1=CC[C]([Zr]([CH3])([CH3])(=[SiH2])[C]2=CC=CC2)=C1.Cl.Cl. The van der Waals surface area contributed by atoms with Gasteiger partial charge in [0, 0.05) is 0 Å². The second kappa shape index (κ2) is 7.07. The zero-order valence-corrected chi connectivity index (χ0v) is 17.7. The first-order valence-electron chi connectivity index (χ1n) is 6.76. The molecule has 0 atom stereocenters. The van der Waals surface area contributed by atoms with Crippen LogP contribution in [0.25, 0.3) is 0 Å². The van der Waals surface area contributed by atoms with Crippen LogP contribution in [0.3, 0.4) is 0 Å². The topological polar surface area (TPSA) is 0 Å². The molecule has 0 N–H and O–H groups in total. The van der Waals surface area contributed by atoms with E-state index >= 15 is 0 Å². The van der Waals surface area contributed by atoms with Gasteiger partial charge in [0.25, 0.3) is 0 Å². The minimum atomic E-state index is -2.71. The summed E-state index contributed by atoms with van der Waals surface area (Å²) in [6.45, 7) is 4.62. The molecule has 0 fully saturated rings. The van der Waals surface area contributed by atoms with Crippen molar-refractivity contribution < 1.29 is 17.4 Å². The van der Waals surface area contributed by atoms with Crippen LogP contribution in [0.5, 0.6) is 0 Å². The molecule has 0 aromatic rings. The van der Waals surface area contributed by atoms with E-state index in [2.05, 4.69) is 53.4 Å². The van der Waals surface area contributed by atoms with E-state index in [-0.39, 0.29) is 24.8 Å². The Bertz CT molecular complexity index is 518. The Labute approximate surface area is 132 Å². The maximum atomic E-state index is 2.60. The second-order valence-corrected chi connectivity index (χ2v) is 35.3. The van der Waals surface area contributed by atoms with Gasteiger partial charge in [-0.05, 0) is 0 Å². The molecule has 2 aliphatic carbocycles. The van der Waals surface area contributed by atoms with Crippen LogP contribution < -0.4 is 0 Å². The molecular weight excluding hydrogens is 370 g/mol. The number of halogens is 2. The first kappa shape index (κ1) is 19.6. The van der Waals surface area contributed by atoms with Gasteiger partial charge in [-0.15, -0.1) is 24.8 Å². The summed E-state index contributed by atoms with van der Waals surface area (Å²) in [4.78, 5) is 0. The smallest absolute Gasteiger partial charge is 0.147 e. The van der Waals surface area contributed by atoms with Crippen molar-refractivity contribution in [1.29, 1.82) is 0 Å². The van der Waals surface area contributed by atoms with Gasteiger partial charge in [-0.3, -0.25) is 0 Å². The van der Waals surface area contributed by atoms with E-state index in [0.29, 0.717) is 0 Å². The molecule has 0 heterocycles. The predicted molar refractivity (Wildman–Crippen MR) is 92.3 cm³/mol. The Hall–Kier alpha value is 0.640. The molecule has 0 saturated carbocycles. The molecule has 0 radical (unpaired) electrons. The molecule has 0 unspecified atom stereocenters. The van der Waals surface area contributed by atoms with Gasteiger partial charge in [0.2, 0.25) is 0 Å². The second-order valence-electron chi connectivity index (χ2n) is 6.41. The van der Waals surface area contributed by atoms with Crippen molar-refractivity contribution in [3.8, 4) is 0 Å². The van der Waals surface area contributed by atoms with Crippen molar-refractivity contribution >= 4 is 31.7 Å². The molecule has 0 aromatic carbocycles. The number of allylic oxidation sites excluding steroid dienone is 8. The largest absolute Gasteiger partial charge is 0.147 e. The number of rotatable bonds is 4. The van der Waals surface area contributed by atoms with E-state index < -0.39 is 17.4 Å². The summed E-state index contributed by atoms with van der Waals surface area (Å²) in [5.74, 6) is 0. The van der Waals surface area contributed by atoms with E-state index in [0.717, 1.165) is 0 Å². The summed E-state index contributed by atoms with van der Waals surface area (Å²) in [6, 6.07) is 0. The maximum Gasteiger partial charge on any atom is -0.147 e. The van der Waals surface area contributed by atoms with E-state index in [1.54, 1.807) is 12.1 Å². The van der Waals surface area contributed by atoms with Crippen molar-refractivity contribution in [2.75, 3.05) is 0 Å². The minimum Gasteiger partial charge on any atom is -0.147 e. The molecule has 0 saturated heterocycles. The molecule has 4 heteroatoms. The van der Waals surface area contributed by atoms with Gasteiger partial charge in [0.05, 0.1) is 0 Å². The van der Waals surface area contributed by atoms with Crippen LogP contribution in [-0.2, 0) is 17.4 Å². The first-order valence-corrected chi connectivity index (χ1v) is 20.1. The normalized spacial score (nSPS) is 18.2. The van der Waals surface area contributed by atoms with Gasteiger partial charge in [-0.2, -0.15) is 0 Å². The van der Waals surface area contributed by atoms with Crippen molar-refractivity contribution in [1.82, 2.24) is 0 Å². The summed E-state index contributed by atoms with van der Waals surface area (Å²) < 4.78 is 8.77. The van der Waals surface area contributed by atoms with Gasteiger partial charge in [0.15, 0.2) is 0 Å². The van der Waals surface area contributed by atoms with Crippen LogP contribution >= 0.6 is 24.8 Å². The van der Waals surface area contributed by atoms with Gasteiger partial charge in [-0.1, -0.05) is 0 Å². The first-order chi connectivity index (χ1) is 7.92. The van der Waals surface area contributed by atoms with Crippen LogP contribution in [0.15, 0.2) is 42.5 Å². The van der Waals surface area contributed by atoms with Crippen molar-refractivity contribution in [3.63, 3.8) is 0 Å². The molecule has 19 heavy (non-hydrogen) atoms. The zero-order valence-electron chi connectivity index (χ0n) is 12.2. The molecule has 0 amide bonds. The van der Waals surface area contributed by atoms with Crippen molar-refractivity contribution in [2.45, 2.75) is 41.9 Å². The number of hydrogen-bond donors (Lipinski definition) is 0. The molecular formula is C15H26Cl2SiZr. The fraction of sp³-hybridized carbons (Fsp3) is 0.467. The van der Waals surface area contributed by atoms with Gasteiger partial charge in [-0.25, -0.2) is 0 Å². The molecule has 2 aliphatic rings. The van der Waals surface area contributed by atoms with E-state index in [1.807, 2.05) is 0 Å². The molecule has 0 aromatic heterocycles. The van der Waals surface area contributed by atoms with Gasteiger partial charge in [0.1, 0.15) is 0 Å². The summed E-state index contributed by atoms with van der Waals surface area (Å²) >= 11 is -2.71. The quantitative estimate of drug-likeness (QED) is 0.585. The van der Waals surface area contributed by atoms with Gasteiger partial charge < -0.3 is 0 Å². The summed E-state index contributed by atoms with van der Waals surface area (Å²) in [6.07, 6.45) is 16.9. The Morgan fingerprint density at radius 3 is 2.37 bits per heavy atom. The third kappa shape index (κ3) is 4.06. The molecule has 0 nitrogen and oxygen atoms in total. The van der Waals surface area contributed by atoms with Crippen LogP contribution in [0, 0.1) is 0 Å². The standard InChI is InChI=1S/C8H11.C5H5.2CH3.2ClH.H2Si.Zr/c1-2-5-8-6-3-4-7-8;1-2-4-5-3-1;;;;;;/h6-7H,2-3,5H2,1H3;1-3H,4H2;2*1H3;2*1H;1H2;. The predicted octanol–water partition coefficient (Wildman–Crippen LogP) is 5.02. The fourth-order valence-corrected chi connectivity index (χ4v) is 13.8. The van der Waals surface area contributed by atoms with E-state index in [1.165, 1.54) is 25.7 Å². The van der Waals surface area contributed by atoms with Crippen LogP contribution in [0.1, 0.15) is 32.6 Å². The summed E-state index contributed by atoms with van der Waals surface area (Å²) in [7, 11) is 0. The maximum absolute atomic E-state index is 2.71. The van der Waals surface area contributed by atoms with Crippen molar-refractivity contribution in [2.24, 2.45) is 0 Å². The van der Waals surface area contributed by atoms with Gasteiger partial charge >= 0.3 is 109 Å². The van der Waals surface area contributed by atoms with E-state index in [4.69, 9.17) is 0 Å². The Kier molecular flexibility index (Phi) is 7.31. The Balaban J connectivity index is 0.00000162. The average molecular weight is 397 g/mol. The molecule has 2 rings (SSSR count). The molecule has 108 valence electrons. The third-order valence-corrected chi connectivity index (χ3v) is 21.6. The molecule has 0 spiro atoms. The molecule has 0 bridgehead atoms. The molecule has 0 aliphatic heterocycles. The van der Waals surface area contributed by atoms with E-state index in [9.17, 15) is 0 Å². The zero-order chi connectivity index (χ0) is 12.5. The van der Waals surface area contributed by atoms with Crippen LogP contribution in [0.4, 0.5) is 0 Å². The minimum absolute atomic E-state index is 0. The Morgan fingerprint density at radius 2 is 1.84 bits per heavy atom. The van der Waals surface area contributed by atoms with Crippen molar-refractivity contribution in [3.05, 3.63) is 42.5 Å². The summed E-state index contributed by atoms with van der Waals surface area (Å²) in [5, 5.41) is 0. The Morgan fingerprint density at radius 1 is 1.16 bits per heavy atom. The third-order valence-electron chi connectivity index (χ3n) is 4.31. The monoisotopic (exact) mass is 394 g/mol. The average Bonchev–Trinajstić information content (AvgIpc) is 2.88. The van der Waals surface area contributed by atoms with Crippen LogP contribution in [-0.4, -0.2) is 6.88 Å². The number of hydrogen-bond acceptors (Lipinski definition) is 0. The van der Waals surface area contributed by atoms with Crippen LogP contribution in [0.2, 0.25) is 9.26 Å². The summed E-state index contributed by atoms with van der Waals surface area (Å²) in [5.41, 5.74) is 1.59. The fourth-order valence-electron chi connectivity index (χ4n) is 2.85.